The van der Waals surface area contributed by atoms with Crippen molar-refractivity contribution in [3.8, 4) is 17.2 Å². The number of methoxy groups -OCH3 is 2. The van der Waals surface area contributed by atoms with Gasteiger partial charge in [-0.05, 0) is 55.9 Å². The van der Waals surface area contributed by atoms with Crippen LogP contribution in [0.1, 0.15) is 30.6 Å². The van der Waals surface area contributed by atoms with E-state index in [1.807, 2.05) is 19.9 Å². The smallest absolute Gasteiger partial charge is 0.257 e. The number of anilines is 1. The van der Waals surface area contributed by atoms with E-state index in [1.54, 1.807) is 50.6 Å². The van der Waals surface area contributed by atoms with Crippen molar-refractivity contribution in [1.29, 1.82) is 0 Å². The van der Waals surface area contributed by atoms with Crippen LogP contribution in [0.3, 0.4) is 0 Å². The third-order valence-corrected chi connectivity index (χ3v) is 4.09. The minimum absolute atomic E-state index is 0.0755. The van der Waals surface area contributed by atoms with Crippen LogP contribution in [0.4, 0.5) is 5.69 Å². The van der Waals surface area contributed by atoms with Crippen molar-refractivity contribution < 1.29 is 19.0 Å². The second kappa shape index (κ2) is 9.78. The SMILES string of the molecule is CCC(C)Oc1cccc(C(=O)NC(=S)Nc2cc(OC)ccc2OC)c1. The van der Waals surface area contributed by atoms with Gasteiger partial charge in [0.05, 0.1) is 26.0 Å². The lowest BCUT2D eigenvalue weighted by molar-refractivity contribution is 0.0977. The molecule has 144 valence electrons. The predicted molar refractivity (Wildman–Crippen MR) is 110 cm³/mol. The lowest BCUT2D eigenvalue weighted by atomic mass is 10.2. The summed E-state index contributed by atoms with van der Waals surface area (Å²) in [4.78, 5) is 12.5. The maximum absolute atomic E-state index is 12.5. The zero-order chi connectivity index (χ0) is 19.8. The molecule has 0 fully saturated rings. The summed E-state index contributed by atoms with van der Waals surface area (Å²) in [6.45, 7) is 4.02. The Balaban J connectivity index is 2.06. The number of hydrogen-bond donors (Lipinski definition) is 2. The van der Waals surface area contributed by atoms with Crippen LogP contribution in [0.25, 0.3) is 0 Å². The first-order valence-corrected chi connectivity index (χ1v) is 8.98. The van der Waals surface area contributed by atoms with Crippen LogP contribution in [0.5, 0.6) is 17.2 Å². The molecular weight excluding hydrogens is 364 g/mol. The molecule has 2 N–H and O–H groups in total. The third-order valence-electron chi connectivity index (χ3n) is 3.89. The number of hydrogen-bond acceptors (Lipinski definition) is 5. The van der Waals surface area contributed by atoms with E-state index in [0.717, 1.165) is 6.42 Å². The van der Waals surface area contributed by atoms with Gasteiger partial charge in [0.2, 0.25) is 0 Å². The van der Waals surface area contributed by atoms with E-state index >= 15 is 0 Å². The standard InChI is InChI=1S/C20H24N2O4S/c1-5-13(2)26-16-8-6-7-14(11-16)19(23)22-20(27)21-17-12-15(24-3)9-10-18(17)25-4/h6-13H,5H2,1-4H3,(H2,21,22,23,27). The minimum Gasteiger partial charge on any atom is -0.497 e. The summed E-state index contributed by atoms with van der Waals surface area (Å²) in [6.07, 6.45) is 0.957. The average molecular weight is 388 g/mol. The lowest BCUT2D eigenvalue weighted by Crippen LogP contribution is -2.34. The Kier molecular flexibility index (Phi) is 7.43. The molecule has 6 nitrogen and oxygen atoms in total. The molecule has 0 aliphatic rings. The largest absolute Gasteiger partial charge is 0.497 e. The van der Waals surface area contributed by atoms with Crippen molar-refractivity contribution in [3.63, 3.8) is 0 Å². The molecule has 0 radical (unpaired) electrons. The summed E-state index contributed by atoms with van der Waals surface area (Å²) in [7, 11) is 3.12. The number of amides is 1. The highest BCUT2D eigenvalue weighted by Crippen LogP contribution is 2.28. The highest BCUT2D eigenvalue weighted by Gasteiger charge is 2.12. The van der Waals surface area contributed by atoms with Gasteiger partial charge in [0, 0.05) is 11.6 Å². The van der Waals surface area contributed by atoms with Gasteiger partial charge in [0.25, 0.3) is 5.91 Å². The molecule has 0 bridgehead atoms. The van der Waals surface area contributed by atoms with E-state index in [9.17, 15) is 4.79 Å². The fourth-order valence-electron chi connectivity index (χ4n) is 2.27. The summed E-state index contributed by atoms with van der Waals surface area (Å²) in [5, 5.41) is 5.77. The van der Waals surface area contributed by atoms with Gasteiger partial charge >= 0.3 is 0 Å². The van der Waals surface area contributed by atoms with E-state index in [-0.39, 0.29) is 17.1 Å². The topological polar surface area (TPSA) is 68.8 Å². The maximum atomic E-state index is 12.5. The third kappa shape index (κ3) is 5.86. The van der Waals surface area contributed by atoms with Crippen molar-refractivity contribution in [2.75, 3.05) is 19.5 Å². The molecule has 7 heteroatoms. The number of thiocarbonyl (C=S) groups is 1. The van der Waals surface area contributed by atoms with Crippen LogP contribution in [0.2, 0.25) is 0 Å². The molecule has 0 saturated carbocycles. The molecule has 2 aromatic rings. The van der Waals surface area contributed by atoms with Crippen LogP contribution in [0, 0.1) is 0 Å². The average Bonchev–Trinajstić information content (AvgIpc) is 2.67. The van der Waals surface area contributed by atoms with Gasteiger partial charge in [-0.25, -0.2) is 0 Å². The van der Waals surface area contributed by atoms with E-state index in [1.165, 1.54) is 0 Å². The molecule has 1 amide bonds. The molecule has 0 saturated heterocycles. The maximum Gasteiger partial charge on any atom is 0.257 e. The zero-order valence-electron chi connectivity index (χ0n) is 15.9. The Hall–Kier alpha value is -2.80. The molecule has 27 heavy (non-hydrogen) atoms. The molecule has 1 unspecified atom stereocenters. The fraction of sp³-hybridized carbons (Fsp3) is 0.300. The van der Waals surface area contributed by atoms with Gasteiger partial charge in [-0.15, -0.1) is 0 Å². The van der Waals surface area contributed by atoms with Gasteiger partial charge in [-0.1, -0.05) is 13.0 Å². The highest BCUT2D eigenvalue weighted by atomic mass is 32.1. The molecule has 0 heterocycles. The molecule has 1 atom stereocenters. The molecule has 2 aromatic carbocycles. The Morgan fingerprint density at radius 3 is 2.56 bits per heavy atom. The summed E-state index contributed by atoms with van der Waals surface area (Å²) in [5.74, 6) is 1.54. The summed E-state index contributed by atoms with van der Waals surface area (Å²) >= 11 is 5.25. The Bertz CT molecular complexity index is 810. The van der Waals surface area contributed by atoms with Crippen LogP contribution < -0.4 is 24.8 Å². The van der Waals surface area contributed by atoms with E-state index in [2.05, 4.69) is 10.6 Å². The van der Waals surface area contributed by atoms with Gasteiger partial charge < -0.3 is 19.5 Å². The highest BCUT2D eigenvalue weighted by molar-refractivity contribution is 7.80. The number of benzene rings is 2. The number of rotatable bonds is 7. The van der Waals surface area contributed by atoms with E-state index in [4.69, 9.17) is 26.4 Å². The van der Waals surface area contributed by atoms with Crippen molar-refractivity contribution in [2.24, 2.45) is 0 Å². The van der Waals surface area contributed by atoms with E-state index < -0.39 is 0 Å². The van der Waals surface area contributed by atoms with Crippen molar-refractivity contribution in [1.82, 2.24) is 5.32 Å². The number of carbonyl (C=O) groups excluding carboxylic acids is 1. The van der Waals surface area contributed by atoms with Crippen LogP contribution in [-0.2, 0) is 0 Å². The molecule has 0 aliphatic heterocycles. The summed E-state index contributed by atoms with van der Waals surface area (Å²) < 4.78 is 16.2. The molecular formula is C20H24N2O4S. The van der Waals surface area contributed by atoms with Crippen LogP contribution in [0.15, 0.2) is 42.5 Å². The Morgan fingerprint density at radius 1 is 1.11 bits per heavy atom. The van der Waals surface area contributed by atoms with E-state index in [0.29, 0.717) is 28.5 Å². The normalized spacial score (nSPS) is 11.3. The lowest BCUT2D eigenvalue weighted by Gasteiger charge is -2.15. The molecule has 2 rings (SSSR count). The second-order valence-electron chi connectivity index (χ2n) is 5.84. The molecule has 0 aromatic heterocycles. The quantitative estimate of drug-likeness (QED) is 0.699. The molecule has 0 spiro atoms. The zero-order valence-corrected chi connectivity index (χ0v) is 16.7. The van der Waals surface area contributed by atoms with Crippen molar-refractivity contribution in [3.05, 3.63) is 48.0 Å². The summed E-state index contributed by atoms with van der Waals surface area (Å²) in [6, 6.07) is 12.2. The fourth-order valence-corrected chi connectivity index (χ4v) is 2.47. The van der Waals surface area contributed by atoms with Gasteiger partial charge in [-0.3, -0.25) is 10.1 Å². The Labute approximate surface area is 164 Å². The number of ether oxygens (including phenoxy) is 3. The van der Waals surface area contributed by atoms with Crippen molar-refractivity contribution in [2.45, 2.75) is 26.4 Å². The van der Waals surface area contributed by atoms with Gasteiger partial charge in [-0.2, -0.15) is 0 Å². The van der Waals surface area contributed by atoms with Crippen LogP contribution >= 0.6 is 12.2 Å². The summed E-state index contributed by atoms with van der Waals surface area (Å²) in [5.41, 5.74) is 1.05. The van der Waals surface area contributed by atoms with Gasteiger partial charge in [0.1, 0.15) is 17.2 Å². The monoisotopic (exact) mass is 388 g/mol. The minimum atomic E-state index is -0.330. The van der Waals surface area contributed by atoms with Crippen molar-refractivity contribution >= 4 is 28.9 Å². The first-order chi connectivity index (χ1) is 13.0. The molecule has 0 aliphatic carbocycles. The second-order valence-corrected chi connectivity index (χ2v) is 6.25. The number of nitrogens with one attached hydrogen (secondary N) is 2. The first kappa shape index (κ1) is 20.5. The van der Waals surface area contributed by atoms with Gasteiger partial charge in [0.15, 0.2) is 5.11 Å². The number of carbonyl (C=O) groups is 1. The first-order valence-electron chi connectivity index (χ1n) is 8.57. The van der Waals surface area contributed by atoms with Crippen LogP contribution in [-0.4, -0.2) is 31.3 Å². The predicted octanol–water partition coefficient (Wildman–Crippen LogP) is 4.01. The Morgan fingerprint density at radius 2 is 1.89 bits per heavy atom.